The molecule has 2 rings (SSSR count). The maximum absolute atomic E-state index is 12.1. The molecule has 0 unspecified atom stereocenters. The Morgan fingerprint density at radius 1 is 1.30 bits per heavy atom. The van der Waals surface area contributed by atoms with Gasteiger partial charge in [-0.3, -0.25) is 4.18 Å². The van der Waals surface area contributed by atoms with E-state index >= 15 is 0 Å². The summed E-state index contributed by atoms with van der Waals surface area (Å²) in [5, 5.41) is 0. The second kappa shape index (κ2) is 5.50. The van der Waals surface area contributed by atoms with Gasteiger partial charge in [0.25, 0.3) is 0 Å². The van der Waals surface area contributed by atoms with Crippen molar-refractivity contribution in [1.29, 1.82) is 0 Å². The van der Waals surface area contributed by atoms with Crippen LogP contribution in [0.3, 0.4) is 0 Å². The summed E-state index contributed by atoms with van der Waals surface area (Å²) in [6.07, 6.45) is 0.792. The number of carbonyl (C=O) groups is 1. The lowest BCUT2D eigenvalue weighted by Gasteiger charge is -2.34. The van der Waals surface area contributed by atoms with E-state index in [1.54, 1.807) is 4.90 Å². The average Bonchev–Trinajstić information content (AvgIpc) is 2.49. The van der Waals surface area contributed by atoms with Crippen LogP contribution in [-0.2, 0) is 19.2 Å². The Morgan fingerprint density at radius 3 is 2.65 bits per heavy atom. The highest BCUT2D eigenvalue weighted by molar-refractivity contribution is 7.84. The fourth-order valence-corrected chi connectivity index (χ4v) is 3.75. The van der Waals surface area contributed by atoms with Crippen LogP contribution in [0.1, 0.15) is 33.6 Å². The molecule has 0 saturated carbocycles. The van der Waals surface area contributed by atoms with E-state index in [0.29, 0.717) is 32.5 Å². The molecule has 0 N–H and O–H groups in total. The minimum Gasteiger partial charge on any atom is -0.444 e. The van der Waals surface area contributed by atoms with Crippen molar-refractivity contribution in [2.45, 2.75) is 45.3 Å². The van der Waals surface area contributed by atoms with Gasteiger partial charge in [-0.1, -0.05) is 0 Å². The summed E-state index contributed by atoms with van der Waals surface area (Å²) in [5.74, 6) is 0. The lowest BCUT2D eigenvalue weighted by atomic mass is 10.2. The second-order valence-electron chi connectivity index (χ2n) is 6.11. The highest BCUT2D eigenvalue weighted by Gasteiger charge is 2.39. The number of ether oxygens (including phenoxy) is 1. The Bertz CT molecular complexity index is 471. The number of rotatable bonds is 0. The Labute approximate surface area is 120 Å². The molecule has 7 nitrogen and oxygen atoms in total. The molecule has 0 bridgehead atoms. The van der Waals surface area contributed by atoms with Crippen LogP contribution in [0, 0.1) is 0 Å². The molecule has 1 amide bonds. The van der Waals surface area contributed by atoms with Crippen LogP contribution in [0.5, 0.6) is 0 Å². The molecule has 2 fully saturated rings. The molecule has 2 aliphatic rings. The monoisotopic (exact) mass is 306 g/mol. The van der Waals surface area contributed by atoms with Crippen LogP contribution in [0.15, 0.2) is 0 Å². The van der Waals surface area contributed by atoms with Gasteiger partial charge in [0, 0.05) is 25.7 Å². The maximum Gasteiger partial charge on any atom is 0.410 e. The zero-order valence-electron chi connectivity index (χ0n) is 12.2. The first kappa shape index (κ1) is 15.5. The van der Waals surface area contributed by atoms with Crippen molar-refractivity contribution in [3.05, 3.63) is 0 Å². The van der Waals surface area contributed by atoms with E-state index in [9.17, 15) is 13.2 Å². The van der Waals surface area contributed by atoms with Gasteiger partial charge in [0.15, 0.2) is 0 Å². The van der Waals surface area contributed by atoms with Gasteiger partial charge in [0.1, 0.15) is 5.60 Å². The molecule has 20 heavy (non-hydrogen) atoms. The van der Waals surface area contributed by atoms with E-state index in [1.807, 2.05) is 20.8 Å². The number of nitrogens with zero attached hydrogens (tertiary/aromatic N) is 2. The first-order valence-corrected chi connectivity index (χ1v) is 8.20. The number of hydrogen-bond acceptors (Lipinski definition) is 5. The summed E-state index contributed by atoms with van der Waals surface area (Å²) in [4.78, 5) is 13.7. The van der Waals surface area contributed by atoms with Crippen LogP contribution >= 0.6 is 0 Å². The minimum absolute atomic E-state index is 0.172. The van der Waals surface area contributed by atoms with Crippen LogP contribution in [0.4, 0.5) is 4.79 Å². The van der Waals surface area contributed by atoms with Gasteiger partial charge in [-0.25, -0.2) is 4.79 Å². The molecule has 2 aliphatic heterocycles. The third-order valence-electron chi connectivity index (χ3n) is 3.27. The highest BCUT2D eigenvalue weighted by Crippen LogP contribution is 2.23. The molecule has 0 aliphatic carbocycles. The maximum atomic E-state index is 12.1. The first-order valence-electron chi connectivity index (χ1n) is 6.83. The largest absolute Gasteiger partial charge is 0.444 e. The van der Waals surface area contributed by atoms with E-state index in [0.717, 1.165) is 0 Å². The molecule has 0 aromatic carbocycles. The third kappa shape index (κ3) is 3.62. The predicted molar refractivity (Wildman–Crippen MR) is 72.4 cm³/mol. The predicted octanol–water partition coefficient (Wildman–Crippen LogP) is 0.963. The quantitative estimate of drug-likeness (QED) is 0.666. The van der Waals surface area contributed by atoms with Crippen molar-refractivity contribution < 1.29 is 22.1 Å². The standard InChI is InChI=1S/C12H22N2O5S/c1-12(2,3)19-11(15)13-6-4-7-14-10(9-13)5-8-18-20(14,16)17/h10H,4-9H2,1-3H3/t10-/m1/s1. The zero-order valence-corrected chi connectivity index (χ0v) is 13.0. The highest BCUT2D eigenvalue weighted by atomic mass is 32.2. The van der Waals surface area contributed by atoms with Crippen LogP contribution < -0.4 is 0 Å². The Morgan fingerprint density at radius 2 is 2.00 bits per heavy atom. The normalized spacial score (nSPS) is 27.6. The lowest BCUT2D eigenvalue weighted by Crippen LogP contribution is -2.50. The summed E-state index contributed by atoms with van der Waals surface area (Å²) < 4.78 is 35.2. The van der Waals surface area contributed by atoms with Crippen molar-refractivity contribution in [3.63, 3.8) is 0 Å². The van der Waals surface area contributed by atoms with E-state index in [-0.39, 0.29) is 18.7 Å². The Hall–Kier alpha value is -0.860. The molecule has 0 radical (unpaired) electrons. The van der Waals surface area contributed by atoms with Crippen molar-refractivity contribution in [3.8, 4) is 0 Å². The van der Waals surface area contributed by atoms with Gasteiger partial charge in [0.05, 0.1) is 6.61 Å². The van der Waals surface area contributed by atoms with Gasteiger partial charge in [-0.2, -0.15) is 12.7 Å². The minimum atomic E-state index is -3.64. The molecule has 116 valence electrons. The summed E-state index contributed by atoms with van der Waals surface area (Å²) in [7, 11) is -3.64. The molecular formula is C12H22N2O5S. The summed E-state index contributed by atoms with van der Waals surface area (Å²) in [6.45, 7) is 6.85. The fourth-order valence-electron chi connectivity index (χ4n) is 2.42. The van der Waals surface area contributed by atoms with E-state index in [1.165, 1.54) is 4.31 Å². The molecule has 8 heteroatoms. The molecule has 0 spiro atoms. The summed E-state index contributed by atoms with van der Waals surface area (Å²) in [5.41, 5.74) is -0.551. The van der Waals surface area contributed by atoms with Crippen molar-refractivity contribution in [2.75, 3.05) is 26.2 Å². The van der Waals surface area contributed by atoms with Crippen molar-refractivity contribution in [2.24, 2.45) is 0 Å². The number of fused-ring (bicyclic) bond motifs is 1. The smallest absolute Gasteiger partial charge is 0.410 e. The molecule has 2 saturated heterocycles. The topological polar surface area (TPSA) is 76.2 Å². The van der Waals surface area contributed by atoms with Crippen molar-refractivity contribution in [1.82, 2.24) is 9.21 Å². The summed E-state index contributed by atoms with van der Waals surface area (Å²) in [6, 6.07) is -0.219. The molecule has 0 aromatic heterocycles. The van der Waals surface area contributed by atoms with E-state index in [2.05, 4.69) is 0 Å². The van der Waals surface area contributed by atoms with Gasteiger partial charge in [-0.15, -0.1) is 0 Å². The van der Waals surface area contributed by atoms with E-state index < -0.39 is 15.9 Å². The fraction of sp³-hybridized carbons (Fsp3) is 0.917. The van der Waals surface area contributed by atoms with Crippen LogP contribution in [0.25, 0.3) is 0 Å². The van der Waals surface area contributed by atoms with Crippen LogP contribution in [-0.4, -0.2) is 61.6 Å². The molecule has 0 aromatic rings. The summed E-state index contributed by atoms with van der Waals surface area (Å²) >= 11 is 0. The second-order valence-corrected chi connectivity index (χ2v) is 7.67. The Balaban J connectivity index is 2.08. The van der Waals surface area contributed by atoms with Crippen molar-refractivity contribution >= 4 is 16.4 Å². The molecule has 2 heterocycles. The third-order valence-corrected chi connectivity index (χ3v) is 4.79. The van der Waals surface area contributed by atoms with E-state index in [4.69, 9.17) is 8.92 Å². The average molecular weight is 306 g/mol. The number of hydrogen-bond donors (Lipinski definition) is 0. The number of amides is 1. The lowest BCUT2D eigenvalue weighted by molar-refractivity contribution is 0.0226. The SMILES string of the molecule is CC(C)(C)OC(=O)N1CCCN2[C@H](CCOS2(=O)=O)C1. The van der Waals surface area contributed by atoms with Gasteiger partial charge < -0.3 is 9.64 Å². The zero-order chi connectivity index (χ0) is 15.0. The van der Waals surface area contributed by atoms with Gasteiger partial charge in [-0.05, 0) is 33.6 Å². The van der Waals surface area contributed by atoms with Crippen LogP contribution in [0.2, 0.25) is 0 Å². The Kier molecular flexibility index (Phi) is 4.27. The van der Waals surface area contributed by atoms with Gasteiger partial charge >= 0.3 is 16.4 Å². The van der Waals surface area contributed by atoms with Gasteiger partial charge in [0.2, 0.25) is 0 Å². The first-order chi connectivity index (χ1) is 9.19. The number of carbonyl (C=O) groups excluding carboxylic acids is 1. The molecule has 1 atom stereocenters. The molecular weight excluding hydrogens is 284 g/mol.